The van der Waals surface area contributed by atoms with E-state index in [1.165, 1.54) is 20.6 Å². The molecule has 2 rings (SSSR count). The molecule has 2 aromatic rings. The third-order valence-electron chi connectivity index (χ3n) is 3.42. The lowest BCUT2D eigenvalue weighted by molar-refractivity contribution is 0.596. The molecular formula is C16H20Br2N2S. The molecule has 1 unspecified atom stereocenters. The Morgan fingerprint density at radius 1 is 1.29 bits per heavy atom. The molecule has 2 nitrogen and oxygen atoms in total. The van der Waals surface area contributed by atoms with Crippen LogP contribution < -0.4 is 10.2 Å². The highest BCUT2D eigenvalue weighted by Gasteiger charge is 2.14. The van der Waals surface area contributed by atoms with E-state index in [9.17, 15) is 0 Å². The Bertz CT molecular complexity index is 598. The average molecular weight is 432 g/mol. The highest BCUT2D eigenvalue weighted by atomic mass is 79.9. The van der Waals surface area contributed by atoms with Crippen LogP contribution in [-0.2, 0) is 6.54 Å². The zero-order valence-electron chi connectivity index (χ0n) is 12.5. The molecule has 0 aliphatic rings. The molecule has 1 N–H and O–H groups in total. The normalized spacial score (nSPS) is 12.4. The zero-order chi connectivity index (χ0) is 15.4. The third-order valence-corrected chi connectivity index (χ3v) is 5.47. The summed E-state index contributed by atoms with van der Waals surface area (Å²) in [6, 6.07) is 9.04. The minimum atomic E-state index is 0.342. The molecule has 0 spiro atoms. The van der Waals surface area contributed by atoms with Crippen LogP contribution in [0.3, 0.4) is 0 Å². The van der Waals surface area contributed by atoms with Crippen molar-refractivity contribution in [2.75, 3.05) is 18.5 Å². The lowest BCUT2D eigenvalue weighted by Gasteiger charge is -2.25. The lowest BCUT2D eigenvalue weighted by atomic mass is 10.0. The number of benzene rings is 1. The molecule has 114 valence electrons. The van der Waals surface area contributed by atoms with Crippen molar-refractivity contribution < 1.29 is 0 Å². The zero-order valence-corrected chi connectivity index (χ0v) is 16.5. The van der Waals surface area contributed by atoms with Gasteiger partial charge in [-0.2, -0.15) is 0 Å². The number of rotatable bonds is 6. The Morgan fingerprint density at radius 2 is 2.05 bits per heavy atom. The highest BCUT2D eigenvalue weighted by Crippen LogP contribution is 2.31. The summed E-state index contributed by atoms with van der Waals surface area (Å²) in [7, 11) is 2.15. The van der Waals surface area contributed by atoms with E-state index >= 15 is 0 Å². The molecule has 0 aliphatic heterocycles. The molecule has 1 aromatic heterocycles. The quantitative estimate of drug-likeness (QED) is 0.642. The Morgan fingerprint density at radius 3 is 2.67 bits per heavy atom. The van der Waals surface area contributed by atoms with E-state index < -0.39 is 0 Å². The first kappa shape index (κ1) is 17.0. The molecule has 0 aliphatic carbocycles. The van der Waals surface area contributed by atoms with Gasteiger partial charge in [0.25, 0.3) is 0 Å². The van der Waals surface area contributed by atoms with Crippen molar-refractivity contribution in [1.82, 2.24) is 5.32 Å². The van der Waals surface area contributed by atoms with Crippen molar-refractivity contribution in [1.29, 1.82) is 0 Å². The molecule has 0 amide bonds. The summed E-state index contributed by atoms with van der Waals surface area (Å²) in [5.41, 5.74) is 3.92. The number of hydrogen-bond donors (Lipinski definition) is 1. The highest BCUT2D eigenvalue weighted by molar-refractivity contribution is 9.11. The van der Waals surface area contributed by atoms with Crippen LogP contribution in [0.5, 0.6) is 0 Å². The standard InChI is InChI=1S/C16H20Br2N2S/c1-4-19-11(2)14-6-5-13(17)8-15(14)20(3)9-12-7-16(18)21-10-12/h5-8,10-11,19H,4,9H2,1-3H3. The molecule has 0 bridgehead atoms. The van der Waals surface area contributed by atoms with Crippen LogP contribution in [0.15, 0.2) is 37.9 Å². The minimum Gasteiger partial charge on any atom is -0.370 e. The summed E-state index contributed by atoms with van der Waals surface area (Å²) in [5.74, 6) is 0. The Kier molecular flexibility index (Phi) is 6.29. The van der Waals surface area contributed by atoms with Crippen LogP contribution in [0.25, 0.3) is 0 Å². The first-order valence-corrected chi connectivity index (χ1v) is 9.44. The molecule has 5 heteroatoms. The van der Waals surface area contributed by atoms with Crippen LogP contribution in [0.2, 0.25) is 0 Å². The molecule has 1 heterocycles. The van der Waals surface area contributed by atoms with Crippen molar-refractivity contribution in [3.05, 3.63) is 49.0 Å². The SMILES string of the molecule is CCNC(C)c1ccc(Br)cc1N(C)Cc1csc(Br)c1. The molecule has 1 aromatic carbocycles. The van der Waals surface area contributed by atoms with Gasteiger partial charge < -0.3 is 10.2 Å². The van der Waals surface area contributed by atoms with E-state index in [-0.39, 0.29) is 0 Å². The number of nitrogens with one attached hydrogen (secondary N) is 1. The minimum absolute atomic E-state index is 0.342. The summed E-state index contributed by atoms with van der Waals surface area (Å²) in [6.07, 6.45) is 0. The number of thiophene rings is 1. The largest absolute Gasteiger partial charge is 0.370 e. The summed E-state index contributed by atoms with van der Waals surface area (Å²) in [6.45, 7) is 6.23. The Balaban J connectivity index is 2.25. The second kappa shape index (κ2) is 7.77. The summed E-state index contributed by atoms with van der Waals surface area (Å²) < 4.78 is 2.30. The molecule has 21 heavy (non-hydrogen) atoms. The van der Waals surface area contributed by atoms with Gasteiger partial charge in [0.1, 0.15) is 0 Å². The van der Waals surface area contributed by atoms with Crippen molar-refractivity contribution in [2.24, 2.45) is 0 Å². The second-order valence-corrected chi connectivity index (χ2v) is 8.30. The van der Waals surface area contributed by atoms with Gasteiger partial charge in [-0.3, -0.25) is 0 Å². The second-order valence-electron chi connectivity index (χ2n) is 5.10. The van der Waals surface area contributed by atoms with Crippen molar-refractivity contribution in [3.8, 4) is 0 Å². The number of anilines is 1. The number of nitrogens with zero attached hydrogens (tertiary/aromatic N) is 1. The van der Waals surface area contributed by atoms with Crippen LogP contribution in [0.1, 0.15) is 31.0 Å². The van der Waals surface area contributed by atoms with Crippen LogP contribution >= 0.6 is 43.2 Å². The van der Waals surface area contributed by atoms with Crippen LogP contribution in [-0.4, -0.2) is 13.6 Å². The fraction of sp³-hybridized carbons (Fsp3) is 0.375. The van der Waals surface area contributed by atoms with E-state index in [4.69, 9.17) is 0 Å². The first-order valence-electron chi connectivity index (χ1n) is 6.98. The third kappa shape index (κ3) is 4.55. The molecule has 0 saturated carbocycles. The van der Waals surface area contributed by atoms with E-state index in [0.717, 1.165) is 17.6 Å². The van der Waals surface area contributed by atoms with E-state index in [0.29, 0.717) is 6.04 Å². The average Bonchev–Trinajstić information content (AvgIpc) is 2.84. The number of hydrogen-bond acceptors (Lipinski definition) is 3. The van der Waals surface area contributed by atoms with Gasteiger partial charge in [-0.25, -0.2) is 0 Å². The fourth-order valence-electron chi connectivity index (χ4n) is 2.42. The maximum absolute atomic E-state index is 3.59. The van der Waals surface area contributed by atoms with Gasteiger partial charge in [-0.1, -0.05) is 28.9 Å². The van der Waals surface area contributed by atoms with E-state index in [1.807, 2.05) is 0 Å². The Labute approximate surface area is 147 Å². The van der Waals surface area contributed by atoms with E-state index in [1.54, 1.807) is 11.3 Å². The fourth-order valence-corrected chi connectivity index (χ4v) is 3.97. The maximum Gasteiger partial charge on any atom is 0.0701 e. The van der Waals surface area contributed by atoms with Gasteiger partial charge >= 0.3 is 0 Å². The topological polar surface area (TPSA) is 15.3 Å². The summed E-state index contributed by atoms with van der Waals surface area (Å²) >= 11 is 8.85. The van der Waals surface area contributed by atoms with Gasteiger partial charge in [-0.05, 0) is 64.1 Å². The van der Waals surface area contributed by atoms with Crippen LogP contribution in [0, 0.1) is 0 Å². The van der Waals surface area contributed by atoms with Crippen molar-refractivity contribution >= 4 is 48.9 Å². The predicted octanol–water partition coefficient (Wildman–Crippen LogP) is 5.58. The van der Waals surface area contributed by atoms with Gasteiger partial charge in [-0.15, -0.1) is 11.3 Å². The van der Waals surface area contributed by atoms with Crippen molar-refractivity contribution in [3.63, 3.8) is 0 Å². The summed E-state index contributed by atoms with van der Waals surface area (Å²) in [5, 5.41) is 5.70. The molecule has 0 fully saturated rings. The molecule has 1 atom stereocenters. The van der Waals surface area contributed by atoms with Crippen molar-refractivity contribution in [2.45, 2.75) is 26.4 Å². The summed E-state index contributed by atoms with van der Waals surface area (Å²) in [4.78, 5) is 2.31. The maximum atomic E-state index is 3.59. The smallest absolute Gasteiger partial charge is 0.0701 e. The molecular weight excluding hydrogens is 412 g/mol. The number of halogens is 2. The lowest BCUT2D eigenvalue weighted by Crippen LogP contribution is -2.23. The monoisotopic (exact) mass is 430 g/mol. The van der Waals surface area contributed by atoms with E-state index in [2.05, 4.69) is 92.6 Å². The first-order chi connectivity index (χ1) is 10.0. The van der Waals surface area contributed by atoms with Crippen LogP contribution in [0.4, 0.5) is 5.69 Å². The Hall–Kier alpha value is -0.360. The van der Waals surface area contributed by atoms with Gasteiger partial charge in [0.05, 0.1) is 3.79 Å². The molecule has 0 radical (unpaired) electrons. The van der Waals surface area contributed by atoms with Gasteiger partial charge in [0, 0.05) is 29.8 Å². The van der Waals surface area contributed by atoms with Gasteiger partial charge in [0.15, 0.2) is 0 Å². The predicted molar refractivity (Wildman–Crippen MR) is 100 cm³/mol. The van der Waals surface area contributed by atoms with Gasteiger partial charge in [0.2, 0.25) is 0 Å². The molecule has 0 saturated heterocycles.